The van der Waals surface area contributed by atoms with Crippen LogP contribution in [-0.4, -0.2) is 11.8 Å². The Morgan fingerprint density at radius 1 is 1.69 bits per heavy atom. The predicted molar refractivity (Wildman–Crippen MR) is 45.6 cm³/mol. The zero-order chi connectivity index (χ0) is 9.42. The molecule has 0 saturated heterocycles. The van der Waals surface area contributed by atoms with Gasteiger partial charge in [0.1, 0.15) is 5.78 Å². The van der Waals surface area contributed by atoms with Gasteiger partial charge in [0.25, 0.3) is 0 Å². The maximum atomic E-state index is 11.1. The Labute approximate surface area is 76.1 Å². The Morgan fingerprint density at radius 2 is 2.46 bits per heavy atom. The Bertz CT molecular complexity index is 325. The van der Waals surface area contributed by atoms with Crippen LogP contribution in [0.5, 0.6) is 0 Å². The molecular formula is C10H10O3. The molecule has 0 heterocycles. The van der Waals surface area contributed by atoms with Crippen molar-refractivity contribution in [3.05, 3.63) is 24.0 Å². The van der Waals surface area contributed by atoms with E-state index in [2.05, 4.69) is 0 Å². The highest BCUT2D eigenvalue weighted by Crippen LogP contribution is 2.42. The number of ketones is 1. The molecule has 0 radical (unpaired) electrons. The summed E-state index contributed by atoms with van der Waals surface area (Å²) in [7, 11) is 0. The average Bonchev–Trinajstić information content (AvgIpc) is 2.37. The van der Waals surface area contributed by atoms with Crippen LogP contribution in [0.4, 0.5) is 0 Å². The SMILES string of the molecule is CC(=O)O/C=C1/C=CC2CC(=O)C12. The zero-order valence-corrected chi connectivity index (χ0v) is 7.32. The van der Waals surface area contributed by atoms with Crippen molar-refractivity contribution in [1.29, 1.82) is 0 Å². The first-order chi connectivity index (χ1) is 6.18. The van der Waals surface area contributed by atoms with Crippen molar-refractivity contribution in [2.45, 2.75) is 13.3 Å². The van der Waals surface area contributed by atoms with Gasteiger partial charge in [0, 0.05) is 13.3 Å². The first kappa shape index (κ1) is 8.23. The van der Waals surface area contributed by atoms with Crippen molar-refractivity contribution in [2.75, 3.05) is 0 Å². The maximum absolute atomic E-state index is 11.1. The van der Waals surface area contributed by atoms with Crippen LogP contribution in [0, 0.1) is 11.8 Å². The van der Waals surface area contributed by atoms with Crippen LogP contribution >= 0.6 is 0 Å². The van der Waals surface area contributed by atoms with Gasteiger partial charge in [-0.3, -0.25) is 9.59 Å². The van der Waals surface area contributed by atoms with Crippen LogP contribution < -0.4 is 0 Å². The lowest BCUT2D eigenvalue weighted by molar-refractivity contribution is -0.136. The average molecular weight is 178 g/mol. The molecule has 3 nitrogen and oxygen atoms in total. The second kappa shape index (κ2) is 2.83. The van der Waals surface area contributed by atoms with E-state index in [0.717, 1.165) is 5.57 Å². The van der Waals surface area contributed by atoms with E-state index in [-0.39, 0.29) is 17.7 Å². The molecule has 0 aliphatic heterocycles. The van der Waals surface area contributed by atoms with Gasteiger partial charge in [0.15, 0.2) is 0 Å². The largest absolute Gasteiger partial charge is 0.434 e. The summed E-state index contributed by atoms with van der Waals surface area (Å²) in [6.45, 7) is 1.34. The third kappa shape index (κ3) is 1.30. The number of carbonyl (C=O) groups is 2. The summed E-state index contributed by atoms with van der Waals surface area (Å²) >= 11 is 0. The first-order valence-corrected chi connectivity index (χ1v) is 4.26. The normalized spacial score (nSPS) is 33.0. The van der Waals surface area contributed by atoms with Crippen LogP contribution in [-0.2, 0) is 14.3 Å². The molecule has 2 atom stereocenters. The summed E-state index contributed by atoms with van der Waals surface area (Å²) in [6.07, 6.45) is 5.89. The molecule has 2 aliphatic carbocycles. The predicted octanol–water partition coefficient (Wildman–Crippen LogP) is 1.21. The lowest BCUT2D eigenvalue weighted by Gasteiger charge is -2.28. The van der Waals surface area contributed by atoms with E-state index in [4.69, 9.17) is 4.74 Å². The quantitative estimate of drug-likeness (QED) is 0.447. The number of allylic oxidation sites excluding steroid dienone is 3. The summed E-state index contributed by atoms with van der Waals surface area (Å²) in [4.78, 5) is 21.7. The van der Waals surface area contributed by atoms with Gasteiger partial charge >= 0.3 is 5.97 Å². The maximum Gasteiger partial charge on any atom is 0.307 e. The Morgan fingerprint density at radius 3 is 3.08 bits per heavy atom. The van der Waals surface area contributed by atoms with Crippen LogP contribution in [0.1, 0.15) is 13.3 Å². The van der Waals surface area contributed by atoms with Gasteiger partial charge in [-0.1, -0.05) is 12.2 Å². The number of esters is 1. The van der Waals surface area contributed by atoms with Gasteiger partial charge in [-0.05, 0) is 11.5 Å². The van der Waals surface area contributed by atoms with E-state index in [1.807, 2.05) is 12.2 Å². The van der Waals surface area contributed by atoms with Crippen molar-refractivity contribution in [1.82, 2.24) is 0 Å². The number of rotatable bonds is 1. The number of ether oxygens (including phenoxy) is 1. The minimum atomic E-state index is -0.351. The topological polar surface area (TPSA) is 43.4 Å². The van der Waals surface area contributed by atoms with E-state index in [0.29, 0.717) is 12.3 Å². The van der Waals surface area contributed by atoms with Crippen molar-refractivity contribution < 1.29 is 14.3 Å². The smallest absolute Gasteiger partial charge is 0.307 e. The molecule has 0 aromatic heterocycles. The third-order valence-electron chi connectivity index (χ3n) is 2.47. The summed E-state index contributed by atoms with van der Waals surface area (Å²) in [5, 5.41) is 0. The van der Waals surface area contributed by atoms with Gasteiger partial charge in [-0.2, -0.15) is 0 Å². The van der Waals surface area contributed by atoms with Gasteiger partial charge in [0.2, 0.25) is 0 Å². The van der Waals surface area contributed by atoms with Crippen molar-refractivity contribution in [2.24, 2.45) is 11.8 Å². The molecule has 0 spiro atoms. The summed E-state index contributed by atoms with van der Waals surface area (Å²) in [5.41, 5.74) is 0.830. The molecule has 1 saturated carbocycles. The van der Waals surface area contributed by atoms with Crippen molar-refractivity contribution in [3.8, 4) is 0 Å². The van der Waals surface area contributed by atoms with Crippen LogP contribution in [0.3, 0.4) is 0 Å². The standard InChI is InChI=1S/C10H10O3/c1-6(11)13-5-8-3-2-7-4-9(12)10(7)8/h2-3,5,7,10H,4H2,1H3/b8-5-. The highest BCUT2D eigenvalue weighted by molar-refractivity contribution is 5.92. The fraction of sp³-hybridized carbons (Fsp3) is 0.400. The molecule has 0 N–H and O–H groups in total. The molecular weight excluding hydrogens is 168 g/mol. The van der Waals surface area contributed by atoms with E-state index < -0.39 is 0 Å². The van der Waals surface area contributed by atoms with Gasteiger partial charge in [0.05, 0.1) is 12.2 Å². The van der Waals surface area contributed by atoms with Crippen molar-refractivity contribution in [3.63, 3.8) is 0 Å². The van der Waals surface area contributed by atoms with Crippen molar-refractivity contribution >= 4 is 11.8 Å². The van der Waals surface area contributed by atoms with Gasteiger partial charge < -0.3 is 4.74 Å². The monoisotopic (exact) mass is 178 g/mol. The number of hydrogen-bond donors (Lipinski definition) is 0. The molecule has 0 aromatic rings. The molecule has 0 bridgehead atoms. The van der Waals surface area contributed by atoms with Crippen LogP contribution in [0.25, 0.3) is 0 Å². The van der Waals surface area contributed by atoms with E-state index in [9.17, 15) is 9.59 Å². The number of Topliss-reactive ketones (excluding diaryl/α,β-unsaturated/α-hetero) is 1. The fourth-order valence-electron chi connectivity index (χ4n) is 1.77. The number of carbonyl (C=O) groups excluding carboxylic acids is 2. The zero-order valence-electron chi connectivity index (χ0n) is 7.32. The molecule has 68 valence electrons. The lowest BCUT2D eigenvalue weighted by Crippen LogP contribution is -2.33. The number of fused-ring (bicyclic) bond motifs is 1. The Kier molecular flexibility index (Phi) is 1.79. The molecule has 13 heavy (non-hydrogen) atoms. The third-order valence-corrected chi connectivity index (χ3v) is 2.47. The Balaban J connectivity index is 2.08. The van der Waals surface area contributed by atoms with E-state index in [1.54, 1.807) is 0 Å². The van der Waals surface area contributed by atoms with Crippen LogP contribution in [0.15, 0.2) is 24.0 Å². The van der Waals surface area contributed by atoms with Crippen LogP contribution in [0.2, 0.25) is 0 Å². The minimum Gasteiger partial charge on any atom is -0.434 e. The van der Waals surface area contributed by atoms with Gasteiger partial charge in [-0.25, -0.2) is 0 Å². The Hall–Kier alpha value is -1.38. The molecule has 3 heteroatoms. The van der Waals surface area contributed by atoms with E-state index >= 15 is 0 Å². The minimum absolute atomic E-state index is 0.0284. The first-order valence-electron chi connectivity index (χ1n) is 4.26. The van der Waals surface area contributed by atoms with Gasteiger partial charge in [-0.15, -0.1) is 0 Å². The highest BCUT2D eigenvalue weighted by Gasteiger charge is 2.43. The summed E-state index contributed by atoms with van der Waals surface area (Å²) in [6, 6.07) is 0. The molecule has 0 aromatic carbocycles. The van der Waals surface area contributed by atoms with E-state index in [1.165, 1.54) is 13.2 Å². The second-order valence-corrected chi connectivity index (χ2v) is 3.40. The molecule has 1 fully saturated rings. The lowest BCUT2D eigenvalue weighted by atomic mass is 9.73. The molecule has 0 amide bonds. The number of hydrogen-bond acceptors (Lipinski definition) is 3. The molecule has 2 rings (SSSR count). The fourth-order valence-corrected chi connectivity index (χ4v) is 1.77. The molecule has 2 aliphatic rings. The highest BCUT2D eigenvalue weighted by atomic mass is 16.5. The summed E-state index contributed by atoms with van der Waals surface area (Å²) in [5.74, 6) is 0.221. The summed E-state index contributed by atoms with van der Waals surface area (Å²) < 4.78 is 4.72. The second-order valence-electron chi connectivity index (χ2n) is 3.40. The molecule has 2 unspecified atom stereocenters.